The van der Waals surface area contributed by atoms with Crippen LogP contribution in [0.2, 0.25) is 0 Å². The molecule has 0 atom stereocenters. The molecular formula is C29H21IrN3-2. The van der Waals surface area contributed by atoms with Gasteiger partial charge in [-0.05, 0) is 50.4 Å². The summed E-state index contributed by atoms with van der Waals surface area (Å²) in [6, 6.07) is 28.4. The molecule has 1 aliphatic rings. The Balaban J connectivity index is 0.000000143. The van der Waals surface area contributed by atoms with Crippen molar-refractivity contribution in [2.24, 2.45) is 0 Å². The number of aromatic nitrogens is 3. The van der Waals surface area contributed by atoms with E-state index in [1.165, 1.54) is 21.9 Å². The Labute approximate surface area is 206 Å². The first-order chi connectivity index (χ1) is 15.6. The molecule has 6 aromatic rings. The molecule has 0 unspecified atom stereocenters. The number of hydrogen-bond acceptors (Lipinski definition) is 2. The Morgan fingerprint density at radius 1 is 0.758 bits per heavy atom. The van der Waals surface area contributed by atoms with Gasteiger partial charge in [0, 0.05) is 32.5 Å². The van der Waals surface area contributed by atoms with Gasteiger partial charge in [-0.2, -0.15) is 6.20 Å². The second kappa shape index (κ2) is 8.22. The van der Waals surface area contributed by atoms with Gasteiger partial charge in [0.05, 0.1) is 5.52 Å². The van der Waals surface area contributed by atoms with Crippen molar-refractivity contribution in [3.8, 4) is 11.3 Å². The van der Waals surface area contributed by atoms with Crippen molar-refractivity contribution in [3.05, 3.63) is 109 Å². The van der Waals surface area contributed by atoms with Crippen molar-refractivity contribution in [2.75, 3.05) is 0 Å². The molecule has 3 heterocycles. The van der Waals surface area contributed by atoms with E-state index in [4.69, 9.17) is 0 Å². The van der Waals surface area contributed by atoms with Gasteiger partial charge >= 0.3 is 0 Å². The van der Waals surface area contributed by atoms with Crippen molar-refractivity contribution in [3.63, 3.8) is 0 Å². The number of benzene rings is 3. The number of pyridine rings is 2. The summed E-state index contributed by atoms with van der Waals surface area (Å²) in [5, 5.41) is 4.85. The average Bonchev–Trinajstić information content (AvgIpc) is 3.33. The minimum Gasteiger partial charge on any atom is -0.662 e. The zero-order valence-corrected chi connectivity index (χ0v) is 20.7. The fourth-order valence-corrected chi connectivity index (χ4v) is 4.85. The molecule has 3 aromatic carbocycles. The van der Waals surface area contributed by atoms with E-state index in [1.807, 2.05) is 30.6 Å². The van der Waals surface area contributed by atoms with Crippen LogP contribution in [0.5, 0.6) is 0 Å². The van der Waals surface area contributed by atoms with Crippen LogP contribution < -0.4 is 4.98 Å². The van der Waals surface area contributed by atoms with Crippen LogP contribution in [-0.2, 0) is 25.5 Å². The Hall–Kier alpha value is -3.33. The molecule has 4 heteroatoms. The standard InChI is InChI=1S/C18H14N.C11H7N2.Ir/c1-18(2)14-8-4-3-7-13(14)17-16-12(10-11-19-17)6-5-9-15(16)18;1-2-8-3-4-9-5-7-13-11(9)10(8)12-6-1;/h3-6,8-11H,1-2H3;1-7H;/q2*-1;. The fraction of sp³-hybridized carbons (Fsp3) is 0.103. The van der Waals surface area contributed by atoms with Crippen molar-refractivity contribution in [1.82, 2.24) is 15.0 Å². The normalized spacial score (nSPS) is 13.2. The van der Waals surface area contributed by atoms with Gasteiger partial charge in [0.1, 0.15) is 0 Å². The molecule has 1 aliphatic carbocycles. The van der Waals surface area contributed by atoms with Crippen molar-refractivity contribution in [1.29, 1.82) is 0 Å². The zero-order valence-electron chi connectivity index (χ0n) is 18.3. The first-order valence-electron chi connectivity index (χ1n) is 10.8. The molecule has 1 radical (unpaired) electrons. The van der Waals surface area contributed by atoms with Crippen LogP contribution in [0.15, 0.2) is 91.4 Å². The number of fused-ring (bicyclic) bond motifs is 5. The third-order valence-corrected chi connectivity index (χ3v) is 6.47. The maximum atomic E-state index is 4.61. The second-order valence-corrected chi connectivity index (χ2v) is 8.67. The molecule has 0 saturated heterocycles. The van der Waals surface area contributed by atoms with Crippen LogP contribution >= 0.6 is 0 Å². The second-order valence-electron chi connectivity index (χ2n) is 8.67. The summed E-state index contributed by atoms with van der Waals surface area (Å²) < 4.78 is 0. The van der Waals surface area contributed by atoms with Crippen LogP contribution in [0.4, 0.5) is 0 Å². The van der Waals surface area contributed by atoms with Gasteiger partial charge in [-0.25, -0.2) is 0 Å². The summed E-state index contributed by atoms with van der Waals surface area (Å²) >= 11 is 0. The maximum absolute atomic E-state index is 4.61. The molecule has 0 fully saturated rings. The number of hydrogen-bond donors (Lipinski definition) is 0. The summed E-state index contributed by atoms with van der Waals surface area (Å²) in [6.45, 7) is 4.56. The molecule has 0 aliphatic heterocycles. The van der Waals surface area contributed by atoms with Crippen LogP contribution in [-0.4, -0.2) is 9.97 Å². The smallest absolute Gasteiger partial charge is 0.0561 e. The van der Waals surface area contributed by atoms with E-state index in [0.29, 0.717) is 0 Å². The van der Waals surface area contributed by atoms with Gasteiger partial charge in [-0.3, -0.25) is 4.98 Å². The molecule has 0 saturated carbocycles. The van der Waals surface area contributed by atoms with Gasteiger partial charge in [-0.15, -0.1) is 40.9 Å². The first kappa shape index (κ1) is 21.5. The molecule has 3 nitrogen and oxygen atoms in total. The third-order valence-electron chi connectivity index (χ3n) is 6.47. The number of rotatable bonds is 0. The number of nitrogens with zero attached hydrogens (tertiary/aromatic N) is 3. The summed E-state index contributed by atoms with van der Waals surface area (Å²) in [5.74, 6) is 0. The molecule has 0 spiro atoms. The third kappa shape index (κ3) is 3.38. The Morgan fingerprint density at radius 3 is 2.48 bits per heavy atom. The molecule has 33 heavy (non-hydrogen) atoms. The largest absolute Gasteiger partial charge is 0.662 e. The molecule has 3 aromatic heterocycles. The van der Waals surface area contributed by atoms with E-state index < -0.39 is 0 Å². The summed E-state index contributed by atoms with van der Waals surface area (Å²) in [4.78, 5) is 13.2. The summed E-state index contributed by atoms with van der Waals surface area (Å²) in [7, 11) is 0. The van der Waals surface area contributed by atoms with Crippen LogP contribution in [0, 0.1) is 6.07 Å². The quantitative estimate of drug-likeness (QED) is 0.182. The Morgan fingerprint density at radius 2 is 1.58 bits per heavy atom. The Bertz CT molecular complexity index is 1610. The van der Waals surface area contributed by atoms with Gasteiger partial charge in [0.2, 0.25) is 0 Å². The van der Waals surface area contributed by atoms with E-state index in [1.54, 1.807) is 6.20 Å². The molecule has 0 amide bonds. The first-order valence-corrected chi connectivity index (χ1v) is 10.8. The van der Waals surface area contributed by atoms with Crippen molar-refractivity contribution in [2.45, 2.75) is 19.3 Å². The van der Waals surface area contributed by atoms with E-state index in [9.17, 15) is 0 Å². The fourth-order valence-electron chi connectivity index (χ4n) is 4.85. The zero-order chi connectivity index (χ0) is 21.7. The molecule has 0 N–H and O–H groups in total. The van der Waals surface area contributed by atoms with Gasteiger partial charge in [0.15, 0.2) is 0 Å². The minimum absolute atomic E-state index is 0. The molecular weight excluding hydrogens is 583 g/mol. The average molecular weight is 604 g/mol. The molecule has 163 valence electrons. The van der Waals surface area contributed by atoms with Crippen LogP contribution in [0.1, 0.15) is 25.0 Å². The molecule has 0 bridgehead atoms. The predicted molar refractivity (Wildman–Crippen MR) is 131 cm³/mol. The topological polar surface area (TPSA) is 39.9 Å². The molecule has 7 rings (SSSR count). The van der Waals surface area contributed by atoms with Gasteiger partial charge < -0.3 is 9.97 Å². The summed E-state index contributed by atoms with van der Waals surface area (Å²) in [5.41, 5.74) is 6.89. The van der Waals surface area contributed by atoms with Gasteiger partial charge in [0.25, 0.3) is 0 Å². The van der Waals surface area contributed by atoms with Crippen LogP contribution in [0.25, 0.3) is 43.8 Å². The summed E-state index contributed by atoms with van der Waals surface area (Å²) in [6.07, 6.45) is 5.51. The van der Waals surface area contributed by atoms with E-state index in [0.717, 1.165) is 33.1 Å². The minimum atomic E-state index is 0. The van der Waals surface area contributed by atoms with E-state index >= 15 is 0 Å². The Kier molecular flexibility index (Phi) is 5.36. The van der Waals surface area contributed by atoms with Crippen molar-refractivity contribution < 1.29 is 20.1 Å². The van der Waals surface area contributed by atoms with Gasteiger partial charge in [-0.1, -0.05) is 56.3 Å². The predicted octanol–water partition coefficient (Wildman–Crippen LogP) is 6.68. The van der Waals surface area contributed by atoms with E-state index in [-0.39, 0.29) is 25.5 Å². The SMILES string of the molecule is CC1(C)c2ccc[c-]c2-c2nccc3cccc1c23.[Ir].c1cnc2c(c1)ccc1cc[n-]c12. The van der Waals surface area contributed by atoms with E-state index in [2.05, 4.69) is 89.5 Å². The monoisotopic (exact) mass is 604 g/mol. The van der Waals surface area contributed by atoms with Crippen LogP contribution in [0.3, 0.4) is 0 Å². The van der Waals surface area contributed by atoms with Crippen molar-refractivity contribution >= 4 is 32.6 Å². The maximum Gasteiger partial charge on any atom is 0.0561 e.